The van der Waals surface area contributed by atoms with Crippen LogP contribution in [-0.4, -0.2) is 24.5 Å². The molecule has 0 aliphatic heterocycles. The molecule has 0 aliphatic carbocycles. The fraction of sp³-hybridized carbons (Fsp3) is 0.200. The number of primary amides is 1. The summed E-state index contributed by atoms with van der Waals surface area (Å²) in [6.07, 6.45) is 3.92. The monoisotopic (exact) mass is 271 g/mol. The zero-order valence-electron chi connectivity index (χ0n) is 11.3. The third kappa shape index (κ3) is 3.80. The van der Waals surface area contributed by atoms with Gasteiger partial charge in [0.2, 0.25) is 5.91 Å². The number of ether oxygens (including phenoxy) is 1. The molecule has 0 spiro atoms. The molecule has 1 aromatic heterocycles. The van der Waals surface area contributed by atoms with Gasteiger partial charge in [0.25, 0.3) is 0 Å². The molecule has 0 saturated heterocycles. The minimum absolute atomic E-state index is 0.327. The van der Waals surface area contributed by atoms with Gasteiger partial charge in [0.1, 0.15) is 11.5 Å². The van der Waals surface area contributed by atoms with Crippen LogP contribution in [0.1, 0.15) is 15.9 Å². The van der Waals surface area contributed by atoms with Crippen molar-refractivity contribution in [1.29, 1.82) is 0 Å². The van der Waals surface area contributed by atoms with Crippen LogP contribution < -0.4 is 15.8 Å². The number of nitrogens with two attached hydrogens (primary N) is 1. The highest BCUT2D eigenvalue weighted by atomic mass is 16.5. The molecule has 0 unspecified atom stereocenters. The average molecular weight is 271 g/mol. The van der Waals surface area contributed by atoms with E-state index >= 15 is 0 Å². The molecular formula is C15H17N3O2. The summed E-state index contributed by atoms with van der Waals surface area (Å²) in [7, 11) is 1.93. The van der Waals surface area contributed by atoms with Gasteiger partial charge < -0.3 is 15.8 Å². The second-order valence-electron chi connectivity index (χ2n) is 4.37. The molecule has 0 atom stereocenters. The van der Waals surface area contributed by atoms with Crippen LogP contribution in [0.2, 0.25) is 0 Å². The summed E-state index contributed by atoms with van der Waals surface area (Å²) in [5.41, 5.74) is 6.76. The number of likely N-dealkylation sites (N-methyl/N-ethyl adjacent to an activating group) is 1. The standard InChI is InChI=1S/C15H17N3O2/c1-17-7-6-11-2-4-13(5-3-11)20-14-8-12(15(16)19)9-18-10-14/h2-5,8-10,17H,6-7H2,1H3,(H2,16,19). The lowest BCUT2D eigenvalue weighted by atomic mass is 10.1. The van der Waals surface area contributed by atoms with Crippen LogP contribution in [0.15, 0.2) is 42.7 Å². The number of hydrogen-bond donors (Lipinski definition) is 2. The van der Waals surface area contributed by atoms with E-state index < -0.39 is 5.91 Å². The van der Waals surface area contributed by atoms with E-state index in [0.29, 0.717) is 17.1 Å². The minimum Gasteiger partial charge on any atom is -0.456 e. The Morgan fingerprint density at radius 2 is 2.00 bits per heavy atom. The van der Waals surface area contributed by atoms with E-state index in [2.05, 4.69) is 10.3 Å². The van der Waals surface area contributed by atoms with Gasteiger partial charge >= 0.3 is 0 Å². The highest BCUT2D eigenvalue weighted by Crippen LogP contribution is 2.21. The first-order valence-corrected chi connectivity index (χ1v) is 6.35. The second-order valence-corrected chi connectivity index (χ2v) is 4.37. The normalized spacial score (nSPS) is 10.2. The summed E-state index contributed by atoms with van der Waals surface area (Å²) in [5.74, 6) is 0.663. The van der Waals surface area contributed by atoms with E-state index in [1.54, 1.807) is 12.3 Å². The number of carbonyl (C=O) groups excluding carboxylic acids is 1. The zero-order chi connectivity index (χ0) is 14.4. The highest BCUT2D eigenvalue weighted by Gasteiger charge is 2.04. The summed E-state index contributed by atoms with van der Waals surface area (Å²) in [4.78, 5) is 15.0. The maximum Gasteiger partial charge on any atom is 0.250 e. The van der Waals surface area contributed by atoms with Crippen LogP contribution in [0, 0.1) is 0 Å². The zero-order valence-corrected chi connectivity index (χ0v) is 11.3. The predicted octanol–water partition coefficient (Wildman–Crippen LogP) is 1.73. The molecule has 0 radical (unpaired) electrons. The van der Waals surface area contributed by atoms with Gasteiger partial charge in [0, 0.05) is 6.20 Å². The van der Waals surface area contributed by atoms with E-state index in [-0.39, 0.29) is 0 Å². The summed E-state index contributed by atoms with van der Waals surface area (Å²) < 4.78 is 5.64. The van der Waals surface area contributed by atoms with Gasteiger partial charge in [0.15, 0.2) is 0 Å². The first kappa shape index (κ1) is 14.0. The highest BCUT2D eigenvalue weighted by molar-refractivity contribution is 5.92. The number of aromatic nitrogens is 1. The third-order valence-electron chi connectivity index (χ3n) is 2.82. The van der Waals surface area contributed by atoms with Gasteiger partial charge in [-0.1, -0.05) is 12.1 Å². The van der Waals surface area contributed by atoms with E-state index in [9.17, 15) is 4.79 Å². The molecule has 20 heavy (non-hydrogen) atoms. The van der Waals surface area contributed by atoms with Crippen LogP contribution in [-0.2, 0) is 6.42 Å². The van der Waals surface area contributed by atoms with Crippen molar-refractivity contribution in [2.24, 2.45) is 5.73 Å². The van der Waals surface area contributed by atoms with Gasteiger partial charge in [0.05, 0.1) is 11.8 Å². The van der Waals surface area contributed by atoms with Gasteiger partial charge in [-0.2, -0.15) is 0 Å². The van der Waals surface area contributed by atoms with E-state index in [4.69, 9.17) is 10.5 Å². The maximum absolute atomic E-state index is 11.1. The van der Waals surface area contributed by atoms with Crippen molar-refractivity contribution in [3.05, 3.63) is 53.9 Å². The Hall–Kier alpha value is -2.40. The molecule has 1 heterocycles. The van der Waals surface area contributed by atoms with Crippen molar-refractivity contribution in [3.8, 4) is 11.5 Å². The molecule has 3 N–H and O–H groups in total. The lowest BCUT2D eigenvalue weighted by Crippen LogP contribution is -2.11. The van der Waals surface area contributed by atoms with Crippen molar-refractivity contribution in [1.82, 2.24) is 10.3 Å². The van der Waals surface area contributed by atoms with Crippen molar-refractivity contribution < 1.29 is 9.53 Å². The first-order chi connectivity index (χ1) is 9.69. The number of hydrogen-bond acceptors (Lipinski definition) is 4. The number of benzene rings is 1. The molecule has 0 saturated carbocycles. The third-order valence-corrected chi connectivity index (χ3v) is 2.82. The van der Waals surface area contributed by atoms with Gasteiger partial charge in [-0.15, -0.1) is 0 Å². The van der Waals surface area contributed by atoms with Crippen LogP contribution >= 0.6 is 0 Å². The molecule has 0 bridgehead atoms. The summed E-state index contributed by atoms with van der Waals surface area (Å²) >= 11 is 0. The van der Waals surface area contributed by atoms with Gasteiger partial charge in [-0.05, 0) is 43.8 Å². The van der Waals surface area contributed by atoms with Crippen LogP contribution in [0.25, 0.3) is 0 Å². The number of amides is 1. The number of pyridine rings is 1. The molecule has 5 nitrogen and oxygen atoms in total. The topological polar surface area (TPSA) is 77.2 Å². The largest absolute Gasteiger partial charge is 0.456 e. The van der Waals surface area contributed by atoms with Crippen molar-refractivity contribution >= 4 is 5.91 Å². The van der Waals surface area contributed by atoms with E-state index in [1.165, 1.54) is 11.8 Å². The summed E-state index contributed by atoms with van der Waals surface area (Å²) in [6, 6.07) is 9.38. The lowest BCUT2D eigenvalue weighted by Gasteiger charge is -2.07. The van der Waals surface area contributed by atoms with Crippen LogP contribution in [0.5, 0.6) is 11.5 Å². The molecule has 5 heteroatoms. The fourth-order valence-electron chi connectivity index (χ4n) is 1.74. The van der Waals surface area contributed by atoms with Crippen molar-refractivity contribution in [2.75, 3.05) is 13.6 Å². The summed E-state index contributed by atoms with van der Waals surface area (Å²) in [6.45, 7) is 0.935. The van der Waals surface area contributed by atoms with E-state index in [1.807, 2.05) is 31.3 Å². The predicted molar refractivity (Wildman–Crippen MR) is 76.9 cm³/mol. The smallest absolute Gasteiger partial charge is 0.250 e. The molecule has 0 aliphatic rings. The van der Waals surface area contributed by atoms with Crippen LogP contribution in [0.4, 0.5) is 0 Å². The number of nitrogens with one attached hydrogen (secondary N) is 1. The Bertz CT molecular complexity index is 582. The molecule has 104 valence electrons. The van der Waals surface area contributed by atoms with Gasteiger partial charge in [-0.3, -0.25) is 9.78 Å². The summed E-state index contributed by atoms with van der Waals surface area (Å²) in [5, 5.41) is 3.10. The molecular weight excluding hydrogens is 254 g/mol. The Morgan fingerprint density at radius 1 is 1.25 bits per heavy atom. The maximum atomic E-state index is 11.1. The van der Waals surface area contributed by atoms with Gasteiger partial charge in [-0.25, -0.2) is 0 Å². The van der Waals surface area contributed by atoms with E-state index in [0.717, 1.165) is 13.0 Å². The molecule has 2 aromatic rings. The number of nitrogens with zero attached hydrogens (tertiary/aromatic N) is 1. The number of carbonyl (C=O) groups is 1. The Labute approximate surface area is 117 Å². The minimum atomic E-state index is -0.523. The Morgan fingerprint density at radius 3 is 2.65 bits per heavy atom. The lowest BCUT2D eigenvalue weighted by molar-refractivity contribution is 0.0999. The molecule has 1 amide bonds. The first-order valence-electron chi connectivity index (χ1n) is 6.35. The fourth-order valence-corrected chi connectivity index (χ4v) is 1.74. The Balaban J connectivity index is 2.06. The SMILES string of the molecule is CNCCc1ccc(Oc2cncc(C(N)=O)c2)cc1. The molecule has 2 rings (SSSR count). The average Bonchev–Trinajstić information content (AvgIpc) is 2.47. The molecule has 1 aromatic carbocycles. The van der Waals surface area contributed by atoms with Crippen molar-refractivity contribution in [2.45, 2.75) is 6.42 Å². The Kier molecular flexibility index (Phi) is 4.68. The number of rotatable bonds is 6. The molecule has 0 fully saturated rings. The van der Waals surface area contributed by atoms with Crippen molar-refractivity contribution in [3.63, 3.8) is 0 Å². The van der Waals surface area contributed by atoms with Crippen LogP contribution in [0.3, 0.4) is 0 Å². The quantitative estimate of drug-likeness (QED) is 0.839. The second kappa shape index (κ2) is 6.68.